The van der Waals surface area contributed by atoms with Gasteiger partial charge in [-0.25, -0.2) is 4.79 Å². The Balaban J connectivity index is 2.52. The molecule has 0 fully saturated rings. The van der Waals surface area contributed by atoms with Gasteiger partial charge in [0, 0.05) is 11.8 Å². The van der Waals surface area contributed by atoms with E-state index in [-0.39, 0.29) is 5.69 Å². The summed E-state index contributed by atoms with van der Waals surface area (Å²) in [6.07, 6.45) is -1.83. The first kappa shape index (κ1) is 15.7. The van der Waals surface area contributed by atoms with Crippen LogP contribution in [-0.2, 0) is 20.5 Å². The maximum atomic E-state index is 12.3. The minimum absolute atomic E-state index is 0.185. The third kappa shape index (κ3) is 5.13. The number of carbonyl (C=O) groups excluding carboxylic acids is 2. The predicted octanol–water partition coefficient (Wildman–Crippen LogP) is 2.76. The van der Waals surface area contributed by atoms with E-state index in [2.05, 4.69) is 10.1 Å². The van der Waals surface area contributed by atoms with Crippen LogP contribution in [0.2, 0.25) is 0 Å². The fourth-order valence-corrected chi connectivity index (χ4v) is 1.26. The Hall–Kier alpha value is -2.31. The van der Waals surface area contributed by atoms with Crippen molar-refractivity contribution < 1.29 is 27.5 Å². The Morgan fingerprint density at radius 2 is 1.85 bits per heavy atom. The summed E-state index contributed by atoms with van der Waals surface area (Å²) >= 11 is 0. The van der Waals surface area contributed by atoms with E-state index in [1.165, 1.54) is 6.08 Å². The van der Waals surface area contributed by atoms with Crippen LogP contribution in [0.5, 0.6) is 0 Å². The number of halogens is 3. The summed E-state index contributed by atoms with van der Waals surface area (Å²) in [6.45, 7) is 1.10. The number of hydrogen-bond donors (Lipinski definition) is 1. The van der Waals surface area contributed by atoms with Crippen LogP contribution in [0.25, 0.3) is 0 Å². The molecule has 0 saturated heterocycles. The average Bonchev–Trinajstić information content (AvgIpc) is 2.36. The first-order chi connectivity index (χ1) is 9.32. The van der Waals surface area contributed by atoms with E-state index in [0.29, 0.717) is 0 Å². The van der Waals surface area contributed by atoms with Gasteiger partial charge in [-0.15, -0.1) is 0 Å². The lowest BCUT2D eigenvalue weighted by Crippen LogP contribution is -2.20. The molecule has 1 amide bonds. The van der Waals surface area contributed by atoms with E-state index in [0.717, 1.165) is 30.3 Å². The Kier molecular flexibility index (Phi) is 5.31. The molecule has 0 aromatic heterocycles. The minimum atomic E-state index is -4.43. The van der Waals surface area contributed by atoms with Gasteiger partial charge >= 0.3 is 12.1 Å². The summed E-state index contributed by atoms with van der Waals surface area (Å²) in [7, 11) is 0. The van der Waals surface area contributed by atoms with Crippen molar-refractivity contribution in [2.45, 2.75) is 13.1 Å². The maximum absolute atomic E-state index is 12.3. The molecule has 0 aliphatic heterocycles. The molecule has 1 aromatic carbocycles. The van der Waals surface area contributed by atoms with Crippen molar-refractivity contribution in [3.8, 4) is 0 Å². The molecule has 108 valence electrons. The SMILES string of the molecule is C/C=C/C(=O)OCC(=O)Nc1ccc(C(F)(F)F)cc1. The molecule has 0 unspecified atom stereocenters. The van der Waals surface area contributed by atoms with Crippen LogP contribution in [0.3, 0.4) is 0 Å². The highest BCUT2D eigenvalue weighted by atomic mass is 19.4. The number of rotatable bonds is 4. The smallest absolute Gasteiger partial charge is 0.416 e. The van der Waals surface area contributed by atoms with Crippen LogP contribution in [-0.4, -0.2) is 18.5 Å². The van der Waals surface area contributed by atoms with E-state index in [1.54, 1.807) is 6.92 Å². The van der Waals surface area contributed by atoms with Gasteiger partial charge in [-0.1, -0.05) is 6.08 Å². The number of alkyl halides is 3. The van der Waals surface area contributed by atoms with Gasteiger partial charge in [0.05, 0.1) is 5.56 Å². The van der Waals surface area contributed by atoms with Gasteiger partial charge in [0.25, 0.3) is 5.91 Å². The zero-order chi connectivity index (χ0) is 15.2. The number of ether oxygens (including phenoxy) is 1. The number of carbonyl (C=O) groups is 2. The second-order valence-electron chi connectivity index (χ2n) is 3.73. The molecule has 1 aromatic rings. The monoisotopic (exact) mass is 287 g/mol. The van der Waals surface area contributed by atoms with Crippen molar-refractivity contribution >= 4 is 17.6 Å². The zero-order valence-corrected chi connectivity index (χ0v) is 10.5. The Labute approximate surface area is 113 Å². The fraction of sp³-hybridized carbons (Fsp3) is 0.231. The van der Waals surface area contributed by atoms with Crippen molar-refractivity contribution in [2.24, 2.45) is 0 Å². The highest BCUT2D eigenvalue weighted by Crippen LogP contribution is 2.29. The van der Waals surface area contributed by atoms with Crippen molar-refractivity contribution in [1.82, 2.24) is 0 Å². The van der Waals surface area contributed by atoms with Gasteiger partial charge in [0.1, 0.15) is 0 Å². The standard InChI is InChI=1S/C13H12F3NO3/c1-2-3-12(19)20-8-11(18)17-10-6-4-9(5-7-10)13(14,15)16/h2-7H,8H2,1H3,(H,17,18)/b3-2+. The number of amides is 1. The second-order valence-corrected chi connectivity index (χ2v) is 3.73. The number of nitrogens with one attached hydrogen (secondary N) is 1. The van der Waals surface area contributed by atoms with E-state index in [1.807, 2.05) is 0 Å². The molecule has 0 atom stereocenters. The molecule has 0 aliphatic rings. The molecule has 0 heterocycles. The Morgan fingerprint density at radius 3 is 2.35 bits per heavy atom. The van der Waals surface area contributed by atoms with Crippen LogP contribution in [0.15, 0.2) is 36.4 Å². The molecule has 4 nitrogen and oxygen atoms in total. The molecule has 0 spiro atoms. The molecule has 0 radical (unpaired) electrons. The van der Waals surface area contributed by atoms with Crippen molar-refractivity contribution in [3.63, 3.8) is 0 Å². The summed E-state index contributed by atoms with van der Waals surface area (Å²) in [5.74, 6) is -1.31. The van der Waals surface area contributed by atoms with Crippen LogP contribution in [0, 0.1) is 0 Å². The van der Waals surface area contributed by atoms with E-state index in [4.69, 9.17) is 0 Å². The summed E-state index contributed by atoms with van der Waals surface area (Å²) in [5.41, 5.74) is -0.625. The maximum Gasteiger partial charge on any atom is 0.416 e. The van der Waals surface area contributed by atoms with Crippen molar-refractivity contribution in [2.75, 3.05) is 11.9 Å². The van der Waals surface area contributed by atoms with Crippen LogP contribution >= 0.6 is 0 Å². The first-order valence-corrected chi connectivity index (χ1v) is 5.59. The number of hydrogen-bond acceptors (Lipinski definition) is 3. The van der Waals surface area contributed by atoms with Gasteiger partial charge in [-0.05, 0) is 31.2 Å². The molecular weight excluding hydrogens is 275 g/mol. The predicted molar refractivity (Wildman–Crippen MR) is 65.8 cm³/mol. The third-order valence-corrected chi connectivity index (χ3v) is 2.14. The van der Waals surface area contributed by atoms with Gasteiger partial charge in [-0.3, -0.25) is 4.79 Å². The number of allylic oxidation sites excluding steroid dienone is 1. The summed E-state index contributed by atoms with van der Waals surface area (Å²) in [5, 5.41) is 2.31. The van der Waals surface area contributed by atoms with Crippen LogP contribution in [0.1, 0.15) is 12.5 Å². The van der Waals surface area contributed by atoms with Gasteiger partial charge in [0.15, 0.2) is 6.61 Å². The average molecular weight is 287 g/mol. The molecule has 20 heavy (non-hydrogen) atoms. The highest BCUT2D eigenvalue weighted by molar-refractivity contribution is 5.93. The normalized spacial score (nSPS) is 11.4. The summed E-state index contributed by atoms with van der Waals surface area (Å²) in [4.78, 5) is 22.3. The Bertz CT molecular complexity index is 507. The number of anilines is 1. The molecule has 0 saturated carbocycles. The lowest BCUT2D eigenvalue weighted by molar-refractivity contribution is -0.142. The summed E-state index contributed by atoms with van der Waals surface area (Å²) < 4.78 is 41.5. The topological polar surface area (TPSA) is 55.4 Å². The highest BCUT2D eigenvalue weighted by Gasteiger charge is 2.29. The second kappa shape index (κ2) is 6.74. The largest absolute Gasteiger partial charge is 0.452 e. The number of esters is 1. The van der Waals surface area contributed by atoms with E-state index >= 15 is 0 Å². The molecule has 0 aliphatic carbocycles. The zero-order valence-electron chi connectivity index (χ0n) is 10.5. The van der Waals surface area contributed by atoms with Crippen LogP contribution in [0.4, 0.5) is 18.9 Å². The van der Waals surface area contributed by atoms with E-state index in [9.17, 15) is 22.8 Å². The van der Waals surface area contributed by atoms with Crippen molar-refractivity contribution in [3.05, 3.63) is 42.0 Å². The quantitative estimate of drug-likeness (QED) is 0.684. The molecule has 1 rings (SSSR count). The molecule has 1 N–H and O–H groups in total. The molecular formula is C13H12F3NO3. The lowest BCUT2D eigenvalue weighted by atomic mass is 10.2. The molecule has 7 heteroatoms. The van der Waals surface area contributed by atoms with Gasteiger partial charge in [-0.2, -0.15) is 13.2 Å². The third-order valence-electron chi connectivity index (χ3n) is 2.14. The first-order valence-electron chi connectivity index (χ1n) is 5.59. The minimum Gasteiger partial charge on any atom is -0.452 e. The van der Waals surface area contributed by atoms with Gasteiger partial charge in [0.2, 0.25) is 0 Å². The Morgan fingerprint density at radius 1 is 1.25 bits per heavy atom. The molecule has 0 bridgehead atoms. The van der Waals surface area contributed by atoms with Crippen molar-refractivity contribution in [1.29, 1.82) is 0 Å². The fourth-order valence-electron chi connectivity index (χ4n) is 1.26. The van der Waals surface area contributed by atoms with E-state index < -0.39 is 30.2 Å². The lowest BCUT2D eigenvalue weighted by Gasteiger charge is -2.08. The van der Waals surface area contributed by atoms with Gasteiger partial charge < -0.3 is 10.1 Å². The number of benzene rings is 1. The van der Waals surface area contributed by atoms with Crippen LogP contribution < -0.4 is 5.32 Å². The summed E-state index contributed by atoms with van der Waals surface area (Å²) in [6, 6.07) is 3.94.